The standard InChI is InChI=1S/C34H37ClFN3O3Si/c1-23-20-39(21-24(2)42-23)31-25(19-28(30(36)29(31)35)32(40)33-37-17-12-18-38-33)22-41-43(34(3,4)5,26-13-8-6-9-14-26)27-15-10-7-11-16-27/h6-19,23-24H,20-22H2,1-5H3. The molecule has 0 amide bonds. The lowest BCUT2D eigenvalue weighted by atomic mass is 10.0. The normalized spacial score (nSPS) is 17.6. The molecule has 9 heteroatoms. The fourth-order valence-electron chi connectivity index (χ4n) is 6.13. The van der Waals surface area contributed by atoms with Crippen LogP contribution in [0.2, 0.25) is 10.1 Å². The molecule has 224 valence electrons. The van der Waals surface area contributed by atoms with Gasteiger partial charge >= 0.3 is 0 Å². The molecule has 6 nitrogen and oxygen atoms in total. The zero-order valence-corrected chi connectivity index (χ0v) is 26.9. The van der Waals surface area contributed by atoms with Gasteiger partial charge in [-0.2, -0.15) is 0 Å². The maximum Gasteiger partial charge on any atom is 0.261 e. The molecular weight excluding hydrogens is 581 g/mol. The Morgan fingerprint density at radius 2 is 1.51 bits per heavy atom. The lowest BCUT2D eigenvalue weighted by molar-refractivity contribution is -0.00532. The summed E-state index contributed by atoms with van der Waals surface area (Å²) in [5, 5.41) is 1.83. The Bertz CT molecular complexity index is 1520. The molecule has 1 fully saturated rings. The van der Waals surface area contributed by atoms with E-state index in [1.54, 1.807) is 12.1 Å². The van der Waals surface area contributed by atoms with E-state index in [1.807, 2.05) is 55.1 Å². The molecule has 2 unspecified atom stereocenters. The Kier molecular flexibility index (Phi) is 9.13. The number of morpholine rings is 1. The lowest BCUT2D eigenvalue weighted by Crippen LogP contribution is -2.66. The third-order valence-corrected chi connectivity index (χ3v) is 13.2. The fourth-order valence-corrected chi connectivity index (χ4v) is 11.0. The molecule has 4 aromatic rings. The second-order valence-electron chi connectivity index (χ2n) is 12.1. The van der Waals surface area contributed by atoms with Crippen molar-refractivity contribution < 1.29 is 18.3 Å². The first-order valence-corrected chi connectivity index (χ1v) is 16.8. The number of nitrogens with zero attached hydrogens (tertiary/aromatic N) is 3. The van der Waals surface area contributed by atoms with Gasteiger partial charge in [-0.3, -0.25) is 4.79 Å². The van der Waals surface area contributed by atoms with Gasteiger partial charge in [0.15, 0.2) is 5.82 Å². The van der Waals surface area contributed by atoms with Gasteiger partial charge in [-0.1, -0.05) is 93.0 Å². The molecule has 1 aliphatic rings. The Morgan fingerprint density at radius 1 is 0.977 bits per heavy atom. The van der Waals surface area contributed by atoms with Crippen molar-refractivity contribution in [3.63, 3.8) is 0 Å². The molecule has 0 spiro atoms. The summed E-state index contributed by atoms with van der Waals surface area (Å²) in [6.07, 6.45) is 2.73. The SMILES string of the molecule is CC1CN(c2c(CO[Si](c3ccccc3)(c3ccccc3)C(C)(C)C)cc(C(=O)c3ncccn3)c(F)c2Cl)CC(C)O1. The third kappa shape index (κ3) is 6.15. The van der Waals surface area contributed by atoms with Crippen molar-refractivity contribution in [3.05, 3.63) is 113 Å². The first-order valence-electron chi connectivity index (χ1n) is 14.5. The predicted octanol–water partition coefficient (Wildman–Crippen LogP) is 6.19. The van der Waals surface area contributed by atoms with Gasteiger partial charge in [0.05, 0.1) is 30.1 Å². The van der Waals surface area contributed by atoms with E-state index in [0.29, 0.717) is 24.3 Å². The van der Waals surface area contributed by atoms with Crippen LogP contribution in [0.4, 0.5) is 10.1 Å². The molecule has 43 heavy (non-hydrogen) atoms. The van der Waals surface area contributed by atoms with Gasteiger partial charge in [-0.15, -0.1) is 0 Å². The van der Waals surface area contributed by atoms with Crippen LogP contribution in [0.5, 0.6) is 0 Å². The zero-order chi connectivity index (χ0) is 30.8. The number of benzene rings is 3. The van der Waals surface area contributed by atoms with Gasteiger partial charge < -0.3 is 14.1 Å². The van der Waals surface area contributed by atoms with Gasteiger partial charge in [0.2, 0.25) is 11.6 Å². The monoisotopic (exact) mass is 617 g/mol. The minimum Gasteiger partial charge on any atom is -0.403 e. The predicted molar refractivity (Wildman–Crippen MR) is 172 cm³/mol. The lowest BCUT2D eigenvalue weighted by Gasteiger charge is -2.43. The van der Waals surface area contributed by atoms with Crippen molar-refractivity contribution in [3.8, 4) is 0 Å². The second-order valence-corrected chi connectivity index (χ2v) is 16.8. The highest BCUT2D eigenvalue weighted by molar-refractivity contribution is 6.99. The van der Waals surface area contributed by atoms with Crippen molar-refractivity contribution >= 4 is 41.8 Å². The molecule has 0 aliphatic carbocycles. The average Bonchev–Trinajstić information content (AvgIpc) is 2.99. The van der Waals surface area contributed by atoms with Crippen LogP contribution in [-0.4, -0.2) is 49.4 Å². The molecule has 0 radical (unpaired) electrons. The van der Waals surface area contributed by atoms with E-state index < -0.39 is 19.9 Å². The van der Waals surface area contributed by atoms with Crippen molar-refractivity contribution in [1.29, 1.82) is 0 Å². The maximum atomic E-state index is 16.0. The highest BCUT2D eigenvalue weighted by Crippen LogP contribution is 2.41. The number of carbonyl (C=O) groups excluding carboxylic acids is 1. The van der Waals surface area contributed by atoms with Crippen LogP contribution in [0.1, 0.15) is 56.4 Å². The Balaban J connectivity index is 1.68. The first kappa shape index (κ1) is 31.0. The van der Waals surface area contributed by atoms with Gasteiger partial charge in [-0.05, 0) is 41.4 Å². The molecule has 1 saturated heterocycles. The maximum absolute atomic E-state index is 16.0. The molecule has 1 aromatic heterocycles. The highest BCUT2D eigenvalue weighted by Gasteiger charge is 2.50. The Hall–Kier alpha value is -3.43. The van der Waals surface area contributed by atoms with E-state index in [0.717, 1.165) is 10.4 Å². The number of hydrogen-bond acceptors (Lipinski definition) is 6. The number of hydrogen-bond donors (Lipinski definition) is 0. The number of halogens is 2. The van der Waals surface area contributed by atoms with Crippen LogP contribution >= 0.6 is 11.6 Å². The zero-order valence-electron chi connectivity index (χ0n) is 25.2. The smallest absolute Gasteiger partial charge is 0.261 e. The number of anilines is 1. The molecule has 2 atom stereocenters. The molecule has 5 rings (SSSR count). The van der Waals surface area contributed by atoms with E-state index in [2.05, 4.69) is 55.0 Å². The van der Waals surface area contributed by atoms with Gasteiger partial charge in [-0.25, -0.2) is 14.4 Å². The Labute approximate surface area is 259 Å². The number of aromatic nitrogens is 2. The van der Waals surface area contributed by atoms with Crippen molar-refractivity contribution in [1.82, 2.24) is 9.97 Å². The van der Waals surface area contributed by atoms with E-state index in [9.17, 15) is 4.79 Å². The fraction of sp³-hybridized carbons (Fsp3) is 0.324. The minimum atomic E-state index is -2.96. The van der Waals surface area contributed by atoms with E-state index in [1.165, 1.54) is 12.4 Å². The second kappa shape index (κ2) is 12.7. The summed E-state index contributed by atoms with van der Waals surface area (Å²) in [7, 11) is -2.96. The third-order valence-electron chi connectivity index (χ3n) is 7.87. The number of rotatable bonds is 8. The molecule has 1 aliphatic heterocycles. The first-order chi connectivity index (χ1) is 20.5. The number of ketones is 1. The van der Waals surface area contributed by atoms with Gasteiger partial charge in [0.25, 0.3) is 8.32 Å². The molecule has 3 aromatic carbocycles. The van der Waals surface area contributed by atoms with Crippen LogP contribution in [0.3, 0.4) is 0 Å². The van der Waals surface area contributed by atoms with Crippen LogP contribution in [0.25, 0.3) is 0 Å². The van der Waals surface area contributed by atoms with E-state index >= 15 is 4.39 Å². The van der Waals surface area contributed by atoms with Crippen molar-refractivity contribution in [2.45, 2.75) is 58.5 Å². The van der Waals surface area contributed by atoms with Crippen LogP contribution < -0.4 is 15.3 Å². The molecular formula is C34H37ClFN3O3Si. The van der Waals surface area contributed by atoms with E-state index in [4.69, 9.17) is 20.8 Å². The van der Waals surface area contributed by atoms with Gasteiger partial charge in [0, 0.05) is 31.0 Å². The van der Waals surface area contributed by atoms with Crippen LogP contribution in [-0.2, 0) is 15.8 Å². The molecule has 0 N–H and O–H groups in total. The van der Waals surface area contributed by atoms with Gasteiger partial charge in [0.1, 0.15) is 5.02 Å². The quantitative estimate of drug-likeness (QED) is 0.174. The van der Waals surface area contributed by atoms with E-state index in [-0.39, 0.29) is 40.3 Å². The summed E-state index contributed by atoms with van der Waals surface area (Å²) in [4.78, 5) is 23.6. The van der Waals surface area contributed by atoms with Crippen molar-refractivity contribution in [2.75, 3.05) is 18.0 Å². The molecule has 0 bridgehead atoms. The minimum absolute atomic E-state index is 0.0904. The molecule has 2 heterocycles. The largest absolute Gasteiger partial charge is 0.403 e. The summed E-state index contributed by atoms with van der Waals surface area (Å²) in [5.41, 5.74) is 0.958. The Morgan fingerprint density at radius 3 is 2.02 bits per heavy atom. The number of ether oxygens (including phenoxy) is 1. The summed E-state index contributed by atoms with van der Waals surface area (Å²) >= 11 is 6.84. The summed E-state index contributed by atoms with van der Waals surface area (Å²) in [6, 6.07) is 23.8. The summed E-state index contributed by atoms with van der Waals surface area (Å²) in [5.74, 6) is -1.53. The van der Waals surface area contributed by atoms with Crippen LogP contribution in [0.15, 0.2) is 85.2 Å². The van der Waals surface area contributed by atoms with Crippen LogP contribution in [0, 0.1) is 5.82 Å². The summed E-state index contributed by atoms with van der Waals surface area (Å²) < 4.78 is 29.2. The topological polar surface area (TPSA) is 64.5 Å². The van der Waals surface area contributed by atoms with Crippen molar-refractivity contribution in [2.24, 2.45) is 0 Å². The molecule has 0 saturated carbocycles. The average molecular weight is 618 g/mol. The summed E-state index contributed by atoms with van der Waals surface area (Å²) in [6.45, 7) is 11.7. The highest BCUT2D eigenvalue weighted by atomic mass is 35.5. The number of carbonyl (C=O) groups is 1.